The average molecular weight is 558 g/mol. The Morgan fingerprint density at radius 2 is 1.89 bits per heavy atom. The second kappa shape index (κ2) is 10.5. The first-order valence-electron chi connectivity index (χ1n) is 12.4. The topological polar surface area (TPSA) is 80.2 Å². The molecule has 7 nitrogen and oxygen atoms in total. The molecule has 2 aromatic heterocycles. The van der Waals surface area contributed by atoms with Crippen molar-refractivity contribution in [1.29, 1.82) is 0 Å². The number of methoxy groups -OCH3 is 1. The lowest BCUT2D eigenvalue weighted by Crippen LogP contribution is -2.48. The van der Waals surface area contributed by atoms with E-state index >= 15 is 0 Å². The molecule has 0 bridgehead atoms. The molecule has 3 aromatic rings. The minimum Gasteiger partial charge on any atom is -0.480 e. The van der Waals surface area contributed by atoms with E-state index in [1.54, 1.807) is 19.5 Å². The van der Waals surface area contributed by atoms with Gasteiger partial charge in [-0.2, -0.15) is 0 Å². The molecule has 1 aliphatic heterocycles. The van der Waals surface area contributed by atoms with E-state index in [0.717, 1.165) is 48.1 Å². The Balaban J connectivity index is 1.29. The summed E-state index contributed by atoms with van der Waals surface area (Å²) in [5.74, 6) is 1.27. The molecule has 1 fully saturated rings. The van der Waals surface area contributed by atoms with Crippen molar-refractivity contribution in [2.45, 2.75) is 60.7 Å². The zero-order valence-electron chi connectivity index (χ0n) is 21.5. The van der Waals surface area contributed by atoms with Crippen LogP contribution in [0, 0.1) is 5.41 Å². The summed E-state index contributed by atoms with van der Waals surface area (Å²) in [4.78, 5) is 16.6. The number of rotatable bonds is 6. The fraction of sp³-hybridized carbons (Fsp3) is 0.444. The lowest BCUT2D eigenvalue weighted by atomic mass is 9.73. The molecule has 3 heterocycles. The maximum Gasteiger partial charge on any atom is 0.233 e. The van der Waals surface area contributed by atoms with Gasteiger partial charge in [0.15, 0.2) is 0 Å². The SMILES string of the molecule is COc1nccc(Sc2cnc(N3CCC4(CC3)Cc3ccccc3[C@H]4NS(=O)C(C)(C)C)cn2)c1Cl. The number of benzene rings is 1. The first-order valence-corrected chi connectivity index (χ1v) is 14.7. The quantitative estimate of drug-likeness (QED) is 0.421. The van der Waals surface area contributed by atoms with Gasteiger partial charge in [-0.05, 0) is 62.6 Å². The number of aromatic nitrogens is 3. The number of fused-ring (bicyclic) bond motifs is 1. The van der Waals surface area contributed by atoms with Crippen LogP contribution in [0.25, 0.3) is 0 Å². The van der Waals surface area contributed by atoms with Gasteiger partial charge in [-0.15, -0.1) is 0 Å². The maximum atomic E-state index is 13.1. The minimum atomic E-state index is -1.14. The van der Waals surface area contributed by atoms with Crippen LogP contribution in [0.3, 0.4) is 0 Å². The summed E-state index contributed by atoms with van der Waals surface area (Å²) in [7, 11) is 0.408. The van der Waals surface area contributed by atoms with E-state index in [1.165, 1.54) is 22.9 Å². The standard InChI is InChI=1S/C27H32ClN5O2S2/c1-26(2,3)37(34)32-24-19-8-6-5-7-18(19)15-27(24)10-13-33(14-11-27)21-16-31-22(17-30-21)36-20-9-12-29-25(35-4)23(20)28/h5-9,12,16-17,24,32H,10-11,13-15H2,1-4H3/t24-,37?/m1/s1. The van der Waals surface area contributed by atoms with E-state index in [4.69, 9.17) is 21.3 Å². The van der Waals surface area contributed by atoms with Crippen molar-refractivity contribution in [2.24, 2.45) is 5.41 Å². The van der Waals surface area contributed by atoms with Crippen molar-refractivity contribution < 1.29 is 8.95 Å². The van der Waals surface area contributed by atoms with E-state index in [9.17, 15) is 4.21 Å². The normalized spacial score (nSPS) is 19.6. The van der Waals surface area contributed by atoms with Crippen LogP contribution in [0.2, 0.25) is 5.02 Å². The third-order valence-electron chi connectivity index (χ3n) is 7.23. The Morgan fingerprint density at radius 1 is 1.14 bits per heavy atom. The molecule has 0 saturated carbocycles. The average Bonchev–Trinajstić information content (AvgIpc) is 3.18. The van der Waals surface area contributed by atoms with Gasteiger partial charge >= 0.3 is 0 Å². The molecule has 2 atom stereocenters. The van der Waals surface area contributed by atoms with Gasteiger partial charge < -0.3 is 9.64 Å². The van der Waals surface area contributed by atoms with Gasteiger partial charge in [-0.25, -0.2) is 23.9 Å². The number of halogens is 1. The molecule has 0 radical (unpaired) electrons. The highest BCUT2D eigenvalue weighted by atomic mass is 35.5. The lowest BCUT2D eigenvalue weighted by molar-refractivity contribution is 0.177. The highest BCUT2D eigenvalue weighted by molar-refractivity contribution is 7.99. The predicted octanol–water partition coefficient (Wildman–Crippen LogP) is 5.62. The van der Waals surface area contributed by atoms with Gasteiger partial charge in [0, 0.05) is 24.2 Å². The third-order valence-corrected chi connectivity index (χ3v) is 10.2. The number of hydrogen-bond acceptors (Lipinski definition) is 7. The highest BCUT2D eigenvalue weighted by Gasteiger charge is 2.48. The summed E-state index contributed by atoms with van der Waals surface area (Å²) in [5, 5.41) is 1.22. The summed E-state index contributed by atoms with van der Waals surface area (Å²) < 4.78 is 21.5. The Hall–Kier alpha value is -2.20. The van der Waals surface area contributed by atoms with Crippen molar-refractivity contribution in [1.82, 2.24) is 19.7 Å². The second-order valence-electron chi connectivity index (χ2n) is 10.6. The third kappa shape index (κ3) is 5.37. The number of nitrogens with one attached hydrogen (secondary N) is 1. The van der Waals surface area contributed by atoms with Gasteiger partial charge in [-0.3, -0.25) is 0 Å². The number of pyridine rings is 1. The summed E-state index contributed by atoms with van der Waals surface area (Å²) in [5.41, 5.74) is 2.70. The van der Waals surface area contributed by atoms with Crippen LogP contribution in [0.4, 0.5) is 5.82 Å². The van der Waals surface area contributed by atoms with Gasteiger partial charge in [0.05, 0.1) is 41.3 Å². The Bertz CT molecular complexity index is 1290. The molecule has 196 valence electrons. The summed E-state index contributed by atoms with van der Waals surface area (Å²) in [6, 6.07) is 10.5. The fourth-order valence-corrected chi connectivity index (χ4v) is 7.17. The number of nitrogens with zero attached hydrogens (tertiary/aromatic N) is 4. The van der Waals surface area contributed by atoms with Crippen LogP contribution in [-0.4, -0.2) is 44.1 Å². The molecule has 1 N–H and O–H groups in total. The monoisotopic (exact) mass is 557 g/mol. The Morgan fingerprint density at radius 3 is 2.57 bits per heavy atom. The second-order valence-corrected chi connectivity index (χ2v) is 14.0. The molecule has 1 saturated heterocycles. The molecule has 10 heteroatoms. The zero-order chi connectivity index (χ0) is 26.2. The predicted molar refractivity (Wildman–Crippen MR) is 150 cm³/mol. The largest absolute Gasteiger partial charge is 0.480 e. The van der Waals surface area contributed by atoms with Crippen LogP contribution < -0.4 is 14.4 Å². The molecule has 2 aliphatic rings. The van der Waals surface area contributed by atoms with E-state index in [1.807, 2.05) is 33.0 Å². The van der Waals surface area contributed by atoms with Crippen molar-refractivity contribution in [3.05, 3.63) is 65.1 Å². The van der Waals surface area contributed by atoms with Crippen molar-refractivity contribution in [3.8, 4) is 5.88 Å². The molecule has 0 amide bonds. The first kappa shape index (κ1) is 26.4. The molecular formula is C27H32ClN5O2S2. The first-order chi connectivity index (χ1) is 17.7. The highest BCUT2D eigenvalue weighted by Crippen LogP contribution is 2.52. The van der Waals surface area contributed by atoms with E-state index in [2.05, 4.69) is 43.9 Å². The zero-order valence-corrected chi connectivity index (χ0v) is 23.9. The van der Waals surface area contributed by atoms with Crippen molar-refractivity contribution in [2.75, 3.05) is 25.1 Å². The molecule has 1 aromatic carbocycles. The minimum absolute atomic E-state index is 0.0431. The maximum absolute atomic E-state index is 13.1. The number of hydrogen-bond donors (Lipinski definition) is 1. The molecule has 1 spiro atoms. The van der Waals surface area contributed by atoms with E-state index in [0.29, 0.717) is 10.9 Å². The van der Waals surface area contributed by atoms with Gasteiger partial charge in [-0.1, -0.05) is 47.6 Å². The summed E-state index contributed by atoms with van der Waals surface area (Å²) >= 11 is 7.82. The molecule has 5 rings (SSSR count). The van der Waals surface area contributed by atoms with Crippen LogP contribution >= 0.6 is 23.4 Å². The number of piperidine rings is 1. The van der Waals surface area contributed by atoms with E-state index in [-0.39, 0.29) is 16.2 Å². The fourth-order valence-electron chi connectivity index (χ4n) is 5.17. The van der Waals surface area contributed by atoms with Crippen LogP contribution in [0.5, 0.6) is 5.88 Å². The smallest absolute Gasteiger partial charge is 0.233 e. The van der Waals surface area contributed by atoms with Crippen molar-refractivity contribution >= 4 is 40.2 Å². The van der Waals surface area contributed by atoms with Crippen LogP contribution in [-0.2, 0) is 17.4 Å². The van der Waals surface area contributed by atoms with Gasteiger partial charge in [0.25, 0.3) is 0 Å². The summed E-state index contributed by atoms with van der Waals surface area (Å²) in [6.45, 7) is 7.82. The lowest BCUT2D eigenvalue weighted by Gasteiger charge is -2.44. The molecule has 37 heavy (non-hydrogen) atoms. The number of anilines is 1. The molecular weight excluding hydrogens is 526 g/mol. The Labute approximate surface area is 230 Å². The van der Waals surface area contributed by atoms with Gasteiger partial charge in [0.2, 0.25) is 5.88 Å². The van der Waals surface area contributed by atoms with E-state index < -0.39 is 11.0 Å². The van der Waals surface area contributed by atoms with Gasteiger partial charge in [0.1, 0.15) is 15.9 Å². The van der Waals surface area contributed by atoms with Crippen LogP contribution in [0.1, 0.15) is 50.8 Å². The van der Waals surface area contributed by atoms with Crippen molar-refractivity contribution in [3.63, 3.8) is 0 Å². The molecule has 1 aliphatic carbocycles. The summed E-state index contributed by atoms with van der Waals surface area (Å²) in [6.07, 6.45) is 8.28. The molecule has 1 unspecified atom stereocenters. The Kier molecular flexibility index (Phi) is 7.51. The van der Waals surface area contributed by atoms with Crippen LogP contribution in [0.15, 0.2) is 58.8 Å². The number of ether oxygens (including phenoxy) is 1.